The highest BCUT2D eigenvalue weighted by Crippen LogP contribution is 2.31. The number of hydrogen-bond donors (Lipinski definition) is 1. The third-order valence-electron chi connectivity index (χ3n) is 4.52. The first-order valence-corrected chi connectivity index (χ1v) is 8.31. The number of ether oxygens (including phenoxy) is 1. The highest BCUT2D eigenvalue weighted by Gasteiger charge is 2.25. The lowest BCUT2D eigenvalue weighted by Crippen LogP contribution is -2.42. The number of halogens is 2. The monoisotopic (exact) mass is 340 g/mol. The van der Waals surface area contributed by atoms with Gasteiger partial charge in [0, 0.05) is 38.3 Å². The molecule has 3 rings (SSSR count). The lowest BCUT2D eigenvalue weighted by Gasteiger charge is -2.34. The third kappa shape index (κ3) is 3.95. The van der Waals surface area contributed by atoms with Crippen LogP contribution in [0.15, 0.2) is 18.2 Å². The zero-order valence-electron chi connectivity index (χ0n) is 13.5. The Balaban J connectivity index is 1.64. The average molecular weight is 340 g/mol. The number of hydrogen-bond acceptors (Lipinski definition) is 4. The van der Waals surface area contributed by atoms with Crippen molar-refractivity contribution >= 4 is 11.6 Å². The van der Waals surface area contributed by atoms with Crippen LogP contribution in [-0.4, -0.2) is 54.8 Å². The maximum Gasteiger partial charge on any atom is 0.387 e. The number of aliphatic hydroxyl groups excluding tert-OH is 1. The molecule has 1 N–H and O–H groups in total. The molecule has 0 radical (unpaired) electrons. The van der Waals surface area contributed by atoms with Crippen LogP contribution in [0.25, 0.3) is 0 Å². The molecule has 1 aromatic rings. The molecular formula is C17H22F2N2O3. The van der Waals surface area contributed by atoms with Crippen LogP contribution in [0.5, 0.6) is 5.75 Å². The summed E-state index contributed by atoms with van der Waals surface area (Å²) < 4.78 is 29.1. The highest BCUT2D eigenvalue weighted by atomic mass is 19.3. The van der Waals surface area contributed by atoms with Crippen molar-refractivity contribution in [3.05, 3.63) is 23.8 Å². The van der Waals surface area contributed by atoms with E-state index >= 15 is 0 Å². The molecule has 0 bridgehead atoms. The Morgan fingerprint density at radius 1 is 1.12 bits per heavy atom. The summed E-state index contributed by atoms with van der Waals surface area (Å²) in [5.74, 6) is 0.260. The largest absolute Gasteiger partial charge is 0.435 e. The first-order valence-electron chi connectivity index (χ1n) is 8.31. The summed E-state index contributed by atoms with van der Waals surface area (Å²) >= 11 is 0. The first kappa shape index (κ1) is 17.0. The number of aliphatic hydroxyl groups is 1. The second-order valence-electron chi connectivity index (χ2n) is 6.32. The Morgan fingerprint density at radius 2 is 1.83 bits per heavy atom. The molecule has 0 spiro atoms. The van der Waals surface area contributed by atoms with Gasteiger partial charge in [0.25, 0.3) is 0 Å². The van der Waals surface area contributed by atoms with Gasteiger partial charge in [0.1, 0.15) is 5.75 Å². The standard InChI is InChI=1S/C17H22F2N2O3/c18-17(19)24-14-5-6-15-12(9-14)3-1-7-20(15)10-13(22)11-21-8-2-4-16(21)23/h5-6,9,13,17,22H,1-4,7-8,10-11H2. The van der Waals surface area contributed by atoms with Crippen molar-refractivity contribution in [1.29, 1.82) is 0 Å². The van der Waals surface area contributed by atoms with E-state index in [4.69, 9.17) is 0 Å². The fourth-order valence-electron chi connectivity index (χ4n) is 3.48. The van der Waals surface area contributed by atoms with Gasteiger partial charge >= 0.3 is 6.61 Å². The van der Waals surface area contributed by atoms with Crippen LogP contribution in [0, 0.1) is 0 Å². The van der Waals surface area contributed by atoms with Gasteiger partial charge in [0.2, 0.25) is 5.91 Å². The minimum atomic E-state index is -2.83. The van der Waals surface area contributed by atoms with Gasteiger partial charge in [-0.3, -0.25) is 4.79 Å². The summed E-state index contributed by atoms with van der Waals surface area (Å²) in [6, 6.07) is 4.93. The topological polar surface area (TPSA) is 53.0 Å². The van der Waals surface area contributed by atoms with Gasteiger partial charge < -0.3 is 19.6 Å². The van der Waals surface area contributed by atoms with E-state index in [1.54, 1.807) is 17.0 Å². The second kappa shape index (κ2) is 7.34. The second-order valence-corrected chi connectivity index (χ2v) is 6.32. The molecule has 1 atom stereocenters. The minimum Gasteiger partial charge on any atom is -0.435 e. The molecule has 132 valence electrons. The van der Waals surface area contributed by atoms with Crippen LogP contribution in [0.3, 0.4) is 0 Å². The van der Waals surface area contributed by atoms with Crippen LogP contribution in [-0.2, 0) is 11.2 Å². The number of aryl methyl sites for hydroxylation is 1. The van der Waals surface area contributed by atoms with Gasteiger partial charge in [0.05, 0.1) is 6.10 Å². The molecule has 1 aromatic carbocycles. The lowest BCUT2D eigenvalue weighted by atomic mass is 10.0. The van der Waals surface area contributed by atoms with Crippen molar-refractivity contribution in [3.8, 4) is 5.75 Å². The molecule has 2 aliphatic rings. The number of carbonyl (C=O) groups excluding carboxylic acids is 1. The zero-order chi connectivity index (χ0) is 17.1. The summed E-state index contributed by atoms with van der Waals surface area (Å²) in [6.07, 6.45) is 2.47. The number of rotatable bonds is 6. The van der Waals surface area contributed by atoms with Crippen LogP contribution >= 0.6 is 0 Å². The van der Waals surface area contributed by atoms with Gasteiger partial charge in [-0.15, -0.1) is 0 Å². The van der Waals surface area contributed by atoms with E-state index in [0.29, 0.717) is 26.1 Å². The number of benzene rings is 1. The minimum absolute atomic E-state index is 0.0990. The number of alkyl halides is 2. The normalized spacial score (nSPS) is 18.9. The number of carbonyl (C=O) groups is 1. The van der Waals surface area contributed by atoms with E-state index in [9.17, 15) is 18.7 Å². The number of likely N-dealkylation sites (tertiary alicyclic amines) is 1. The number of anilines is 1. The fourth-order valence-corrected chi connectivity index (χ4v) is 3.48. The summed E-state index contributed by atoms with van der Waals surface area (Å²) in [6.45, 7) is -0.556. The van der Waals surface area contributed by atoms with E-state index < -0.39 is 12.7 Å². The van der Waals surface area contributed by atoms with Crippen LogP contribution in [0.4, 0.5) is 14.5 Å². The quantitative estimate of drug-likeness (QED) is 0.861. The molecule has 1 amide bonds. The van der Waals surface area contributed by atoms with Crippen molar-refractivity contribution in [1.82, 2.24) is 4.90 Å². The Kier molecular flexibility index (Phi) is 5.18. The van der Waals surface area contributed by atoms with Gasteiger partial charge in [-0.2, -0.15) is 8.78 Å². The highest BCUT2D eigenvalue weighted by molar-refractivity contribution is 5.78. The predicted octanol–water partition coefficient (Wildman–Crippen LogP) is 2.02. The van der Waals surface area contributed by atoms with Crippen molar-refractivity contribution in [2.75, 3.05) is 31.1 Å². The Morgan fingerprint density at radius 3 is 2.54 bits per heavy atom. The number of nitrogens with zero attached hydrogens (tertiary/aromatic N) is 2. The van der Waals surface area contributed by atoms with E-state index in [0.717, 1.165) is 37.1 Å². The van der Waals surface area contributed by atoms with E-state index in [1.807, 2.05) is 0 Å². The molecule has 5 nitrogen and oxygen atoms in total. The molecule has 0 aromatic heterocycles. The fraction of sp³-hybridized carbons (Fsp3) is 0.588. The summed E-state index contributed by atoms with van der Waals surface area (Å²) in [7, 11) is 0. The molecule has 24 heavy (non-hydrogen) atoms. The summed E-state index contributed by atoms with van der Waals surface area (Å²) in [5.41, 5.74) is 1.89. The van der Waals surface area contributed by atoms with Gasteiger partial charge in [-0.25, -0.2) is 0 Å². The molecule has 2 aliphatic heterocycles. The zero-order valence-corrected chi connectivity index (χ0v) is 13.5. The maximum absolute atomic E-state index is 12.3. The molecule has 2 heterocycles. The smallest absolute Gasteiger partial charge is 0.387 e. The van der Waals surface area contributed by atoms with Crippen LogP contribution < -0.4 is 9.64 Å². The number of β-amino-alcohol motifs (C(OH)–C–C–N with tert-alkyl or cyclic N) is 1. The van der Waals surface area contributed by atoms with Gasteiger partial charge in [-0.1, -0.05) is 0 Å². The molecule has 0 saturated carbocycles. The first-order chi connectivity index (χ1) is 11.5. The Hall–Kier alpha value is -1.89. The number of fused-ring (bicyclic) bond motifs is 1. The summed E-state index contributed by atoms with van der Waals surface area (Å²) in [4.78, 5) is 15.4. The van der Waals surface area contributed by atoms with Gasteiger partial charge in [0.15, 0.2) is 0 Å². The number of amides is 1. The Labute approximate surface area is 139 Å². The summed E-state index contributed by atoms with van der Waals surface area (Å²) in [5, 5.41) is 10.3. The van der Waals surface area contributed by atoms with Crippen molar-refractivity contribution < 1.29 is 23.4 Å². The van der Waals surface area contributed by atoms with Crippen LogP contribution in [0.1, 0.15) is 24.8 Å². The maximum atomic E-state index is 12.3. The molecule has 1 fully saturated rings. The molecule has 1 unspecified atom stereocenters. The Bertz CT molecular complexity index is 597. The predicted molar refractivity (Wildman–Crippen MR) is 85.4 cm³/mol. The lowest BCUT2D eigenvalue weighted by molar-refractivity contribution is -0.128. The van der Waals surface area contributed by atoms with Crippen molar-refractivity contribution in [3.63, 3.8) is 0 Å². The van der Waals surface area contributed by atoms with E-state index in [1.165, 1.54) is 6.07 Å². The van der Waals surface area contributed by atoms with Crippen molar-refractivity contribution in [2.45, 2.75) is 38.4 Å². The SMILES string of the molecule is O=C1CCCN1CC(O)CN1CCCc2cc(OC(F)F)ccc21. The average Bonchev–Trinajstić information content (AvgIpc) is 2.91. The molecule has 7 heteroatoms. The van der Waals surface area contributed by atoms with E-state index in [-0.39, 0.29) is 11.7 Å². The molecular weight excluding hydrogens is 318 g/mol. The van der Waals surface area contributed by atoms with Gasteiger partial charge in [-0.05, 0) is 43.0 Å². The van der Waals surface area contributed by atoms with Crippen molar-refractivity contribution in [2.24, 2.45) is 0 Å². The molecule has 0 aliphatic carbocycles. The molecule has 1 saturated heterocycles. The van der Waals surface area contributed by atoms with Crippen LogP contribution in [0.2, 0.25) is 0 Å². The van der Waals surface area contributed by atoms with E-state index in [2.05, 4.69) is 9.64 Å². The third-order valence-corrected chi connectivity index (χ3v) is 4.52.